The third-order valence-electron chi connectivity index (χ3n) is 4.47. The standard InChI is InChI=1S/C19H21F3N2/c20-16-4-1-13(2-5-16)7-15-8-17(23)12-24(11-15)10-14-3-6-18(21)19(22)9-14/h1-6,9,15,17H,7-8,10-12,23H2. The lowest BCUT2D eigenvalue weighted by Crippen LogP contribution is -2.47. The van der Waals surface area contributed by atoms with Gasteiger partial charge in [0.2, 0.25) is 0 Å². The van der Waals surface area contributed by atoms with Crippen LogP contribution in [0.1, 0.15) is 17.5 Å². The molecule has 0 amide bonds. The average Bonchev–Trinajstić information content (AvgIpc) is 2.53. The summed E-state index contributed by atoms with van der Waals surface area (Å²) in [7, 11) is 0. The van der Waals surface area contributed by atoms with Crippen molar-refractivity contribution in [3.05, 3.63) is 71.0 Å². The summed E-state index contributed by atoms with van der Waals surface area (Å²) >= 11 is 0. The molecule has 0 spiro atoms. The molecule has 2 atom stereocenters. The second kappa shape index (κ2) is 7.36. The van der Waals surface area contributed by atoms with Gasteiger partial charge in [-0.05, 0) is 54.2 Å². The Kier molecular flexibility index (Phi) is 5.21. The Morgan fingerprint density at radius 1 is 0.917 bits per heavy atom. The second-order valence-electron chi connectivity index (χ2n) is 6.63. The molecular formula is C19H21F3N2. The van der Waals surface area contributed by atoms with E-state index in [0.717, 1.165) is 43.1 Å². The minimum absolute atomic E-state index is 0.0505. The van der Waals surface area contributed by atoms with Crippen molar-refractivity contribution in [2.45, 2.75) is 25.4 Å². The smallest absolute Gasteiger partial charge is 0.159 e. The second-order valence-corrected chi connectivity index (χ2v) is 6.63. The van der Waals surface area contributed by atoms with Crippen LogP contribution in [0, 0.1) is 23.4 Å². The van der Waals surface area contributed by atoms with E-state index < -0.39 is 11.6 Å². The van der Waals surface area contributed by atoms with Gasteiger partial charge in [-0.2, -0.15) is 0 Å². The minimum atomic E-state index is -0.830. The predicted octanol–water partition coefficient (Wildman–Crippen LogP) is 3.50. The van der Waals surface area contributed by atoms with Crippen LogP contribution in [0.4, 0.5) is 13.2 Å². The highest BCUT2D eigenvalue weighted by Crippen LogP contribution is 2.22. The molecule has 2 unspecified atom stereocenters. The Labute approximate surface area is 140 Å². The van der Waals surface area contributed by atoms with E-state index in [1.165, 1.54) is 18.2 Å². The molecule has 24 heavy (non-hydrogen) atoms. The summed E-state index contributed by atoms with van der Waals surface area (Å²) in [5.41, 5.74) is 7.99. The van der Waals surface area contributed by atoms with Crippen molar-refractivity contribution in [3.63, 3.8) is 0 Å². The molecule has 0 aromatic heterocycles. The molecule has 5 heteroatoms. The number of halogens is 3. The Morgan fingerprint density at radius 3 is 2.33 bits per heavy atom. The highest BCUT2D eigenvalue weighted by atomic mass is 19.2. The zero-order valence-corrected chi connectivity index (χ0v) is 13.4. The number of hydrogen-bond donors (Lipinski definition) is 1. The minimum Gasteiger partial charge on any atom is -0.327 e. The molecule has 2 N–H and O–H groups in total. The van der Waals surface area contributed by atoms with Crippen molar-refractivity contribution >= 4 is 0 Å². The average molecular weight is 334 g/mol. The quantitative estimate of drug-likeness (QED) is 0.927. The Hall–Kier alpha value is -1.85. The van der Waals surface area contributed by atoms with Gasteiger partial charge in [0.25, 0.3) is 0 Å². The van der Waals surface area contributed by atoms with E-state index in [4.69, 9.17) is 5.73 Å². The van der Waals surface area contributed by atoms with Crippen LogP contribution in [-0.2, 0) is 13.0 Å². The number of rotatable bonds is 4. The van der Waals surface area contributed by atoms with Gasteiger partial charge in [-0.3, -0.25) is 4.90 Å². The maximum Gasteiger partial charge on any atom is 0.159 e. The highest BCUT2D eigenvalue weighted by Gasteiger charge is 2.25. The normalized spacial score (nSPS) is 21.8. The predicted molar refractivity (Wildman–Crippen MR) is 87.8 cm³/mol. The number of hydrogen-bond acceptors (Lipinski definition) is 2. The third kappa shape index (κ3) is 4.36. The van der Waals surface area contributed by atoms with Gasteiger partial charge < -0.3 is 5.73 Å². The van der Waals surface area contributed by atoms with Crippen LogP contribution in [0.3, 0.4) is 0 Å². The molecule has 2 nitrogen and oxygen atoms in total. The zero-order chi connectivity index (χ0) is 17.1. The molecule has 0 saturated carbocycles. The summed E-state index contributed by atoms with van der Waals surface area (Å²) in [6.45, 7) is 2.12. The molecule has 2 aromatic carbocycles. The van der Waals surface area contributed by atoms with E-state index in [1.54, 1.807) is 18.2 Å². The molecule has 0 radical (unpaired) electrons. The van der Waals surface area contributed by atoms with E-state index >= 15 is 0 Å². The largest absolute Gasteiger partial charge is 0.327 e. The number of nitrogens with two attached hydrogens (primary N) is 1. The van der Waals surface area contributed by atoms with Gasteiger partial charge in [-0.1, -0.05) is 18.2 Å². The third-order valence-corrected chi connectivity index (χ3v) is 4.47. The Morgan fingerprint density at radius 2 is 1.62 bits per heavy atom. The first-order valence-electron chi connectivity index (χ1n) is 8.16. The molecule has 1 saturated heterocycles. The molecule has 1 fully saturated rings. The summed E-state index contributed by atoms with van der Waals surface area (Å²) in [5.74, 6) is -1.52. The number of nitrogens with zero attached hydrogens (tertiary/aromatic N) is 1. The van der Waals surface area contributed by atoms with Crippen LogP contribution in [0.25, 0.3) is 0 Å². The molecule has 1 heterocycles. The van der Waals surface area contributed by atoms with Gasteiger partial charge in [0, 0.05) is 25.7 Å². The Balaban J connectivity index is 1.64. The lowest BCUT2D eigenvalue weighted by Gasteiger charge is -2.36. The molecule has 2 aromatic rings. The fraction of sp³-hybridized carbons (Fsp3) is 0.368. The van der Waals surface area contributed by atoms with Crippen molar-refractivity contribution in [1.29, 1.82) is 0 Å². The first-order chi connectivity index (χ1) is 11.5. The summed E-state index contributed by atoms with van der Waals surface area (Å²) in [5, 5.41) is 0. The first-order valence-corrected chi connectivity index (χ1v) is 8.16. The van der Waals surface area contributed by atoms with Crippen LogP contribution in [0.2, 0.25) is 0 Å². The van der Waals surface area contributed by atoms with Gasteiger partial charge in [0.1, 0.15) is 5.82 Å². The highest BCUT2D eigenvalue weighted by molar-refractivity contribution is 5.19. The van der Waals surface area contributed by atoms with E-state index in [1.807, 2.05) is 0 Å². The Bertz CT molecular complexity index is 688. The summed E-state index contributed by atoms with van der Waals surface area (Å²) in [4.78, 5) is 2.18. The van der Waals surface area contributed by atoms with Gasteiger partial charge in [0.05, 0.1) is 0 Å². The lowest BCUT2D eigenvalue weighted by molar-refractivity contribution is 0.149. The van der Waals surface area contributed by atoms with Gasteiger partial charge in [0.15, 0.2) is 11.6 Å². The first kappa shape index (κ1) is 17.0. The van der Waals surface area contributed by atoms with Crippen LogP contribution >= 0.6 is 0 Å². The van der Waals surface area contributed by atoms with Crippen LogP contribution in [-0.4, -0.2) is 24.0 Å². The summed E-state index contributed by atoms with van der Waals surface area (Å²) < 4.78 is 39.4. The fourth-order valence-electron chi connectivity index (χ4n) is 3.48. The van der Waals surface area contributed by atoms with Crippen molar-refractivity contribution in [1.82, 2.24) is 4.90 Å². The molecule has 1 aliphatic rings. The van der Waals surface area contributed by atoms with E-state index in [-0.39, 0.29) is 11.9 Å². The van der Waals surface area contributed by atoms with Crippen LogP contribution < -0.4 is 5.73 Å². The SMILES string of the molecule is NC1CC(Cc2ccc(F)cc2)CN(Cc2ccc(F)c(F)c2)C1. The number of benzene rings is 2. The molecule has 1 aliphatic heterocycles. The summed E-state index contributed by atoms with van der Waals surface area (Å²) in [6.07, 6.45) is 1.74. The molecule has 128 valence electrons. The number of piperidine rings is 1. The van der Waals surface area contributed by atoms with E-state index in [0.29, 0.717) is 12.5 Å². The van der Waals surface area contributed by atoms with Crippen LogP contribution in [0.15, 0.2) is 42.5 Å². The molecule has 0 bridgehead atoms. The van der Waals surface area contributed by atoms with Crippen molar-refractivity contribution in [3.8, 4) is 0 Å². The van der Waals surface area contributed by atoms with Gasteiger partial charge >= 0.3 is 0 Å². The topological polar surface area (TPSA) is 29.3 Å². The maximum absolute atomic E-state index is 13.4. The monoisotopic (exact) mass is 334 g/mol. The van der Waals surface area contributed by atoms with E-state index in [2.05, 4.69) is 4.90 Å². The summed E-state index contributed by atoms with van der Waals surface area (Å²) in [6, 6.07) is 10.6. The van der Waals surface area contributed by atoms with Crippen LogP contribution in [0.5, 0.6) is 0 Å². The molecule has 0 aliphatic carbocycles. The van der Waals surface area contributed by atoms with Gasteiger partial charge in [-0.15, -0.1) is 0 Å². The lowest BCUT2D eigenvalue weighted by atomic mass is 9.89. The molecule has 3 rings (SSSR count). The van der Waals surface area contributed by atoms with Crippen molar-refractivity contribution < 1.29 is 13.2 Å². The maximum atomic E-state index is 13.4. The fourth-order valence-corrected chi connectivity index (χ4v) is 3.48. The van der Waals surface area contributed by atoms with Crippen molar-refractivity contribution in [2.75, 3.05) is 13.1 Å². The molecular weight excluding hydrogens is 313 g/mol. The van der Waals surface area contributed by atoms with Crippen molar-refractivity contribution in [2.24, 2.45) is 11.7 Å². The van der Waals surface area contributed by atoms with Gasteiger partial charge in [-0.25, -0.2) is 13.2 Å². The number of likely N-dealkylation sites (tertiary alicyclic amines) is 1. The van der Waals surface area contributed by atoms with E-state index in [9.17, 15) is 13.2 Å². The zero-order valence-electron chi connectivity index (χ0n) is 13.4.